The van der Waals surface area contributed by atoms with Crippen LogP contribution in [0, 0.1) is 0 Å². The molecule has 0 unspecified atom stereocenters. The summed E-state index contributed by atoms with van der Waals surface area (Å²) in [4.78, 5) is 14.0. The Labute approximate surface area is 136 Å². The molecule has 23 heavy (non-hydrogen) atoms. The van der Waals surface area contributed by atoms with E-state index in [4.69, 9.17) is 0 Å². The number of aromatic nitrogens is 2. The van der Waals surface area contributed by atoms with Gasteiger partial charge in [0.25, 0.3) is 0 Å². The lowest BCUT2D eigenvalue weighted by molar-refractivity contribution is 0.262. The van der Waals surface area contributed by atoms with Gasteiger partial charge in [-0.2, -0.15) is 0 Å². The first-order chi connectivity index (χ1) is 11.1. The number of nitrogens with one attached hydrogen (secondary N) is 3. The number of amides is 2. The molecule has 7 heteroatoms. The first-order valence-electron chi connectivity index (χ1n) is 7.49. The van der Waals surface area contributed by atoms with Crippen LogP contribution in [0.2, 0.25) is 0 Å². The van der Waals surface area contributed by atoms with Crippen LogP contribution >= 0.6 is 0 Å². The Morgan fingerprint density at radius 1 is 1.00 bits per heavy atom. The average molecular weight is 314 g/mol. The van der Waals surface area contributed by atoms with Crippen molar-refractivity contribution in [2.75, 3.05) is 43.1 Å². The fourth-order valence-corrected chi connectivity index (χ4v) is 1.91. The van der Waals surface area contributed by atoms with E-state index < -0.39 is 0 Å². The van der Waals surface area contributed by atoms with Gasteiger partial charge < -0.3 is 15.5 Å². The SMILES string of the molecule is CN(C)CCCNc1ccc(NC(=O)Nc2ccccc2)nn1. The van der Waals surface area contributed by atoms with Crippen molar-refractivity contribution in [3.8, 4) is 0 Å². The smallest absolute Gasteiger partial charge is 0.324 e. The van der Waals surface area contributed by atoms with Crippen LogP contribution in [0.5, 0.6) is 0 Å². The van der Waals surface area contributed by atoms with E-state index in [1.807, 2.05) is 44.4 Å². The normalized spacial score (nSPS) is 10.4. The maximum Gasteiger partial charge on any atom is 0.324 e. The highest BCUT2D eigenvalue weighted by molar-refractivity contribution is 5.99. The van der Waals surface area contributed by atoms with Crippen molar-refractivity contribution in [2.45, 2.75) is 6.42 Å². The van der Waals surface area contributed by atoms with Gasteiger partial charge in [0, 0.05) is 12.2 Å². The molecule has 0 saturated heterocycles. The number of benzene rings is 1. The van der Waals surface area contributed by atoms with E-state index in [-0.39, 0.29) is 6.03 Å². The van der Waals surface area contributed by atoms with Crippen molar-refractivity contribution in [1.82, 2.24) is 15.1 Å². The summed E-state index contributed by atoms with van der Waals surface area (Å²) in [5.74, 6) is 1.09. The highest BCUT2D eigenvalue weighted by Crippen LogP contribution is 2.08. The van der Waals surface area contributed by atoms with Gasteiger partial charge in [-0.3, -0.25) is 5.32 Å². The number of carbonyl (C=O) groups is 1. The summed E-state index contributed by atoms with van der Waals surface area (Å²) in [6.45, 7) is 1.84. The number of hydrogen-bond acceptors (Lipinski definition) is 5. The van der Waals surface area contributed by atoms with Gasteiger partial charge in [0.15, 0.2) is 5.82 Å². The van der Waals surface area contributed by atoms with Gasteiger partial charge in [0.2, 0.25) is 0 Å². The van der Waals surface area contributed by atoms with E-state index in [1.165, 1.54) is 0 Å². The minimum atomic E-state index is -0.350. The van der Waals surface area contributed by atoms with E-state index in [0.717, 1.165) is 25.2 Å². The number of para-hydroxylation sites is 1. The Kier molecular flexibility index (Phi) is 6.31. The van der Waals surface area contributed by atoms with Crippen LogP contribution in [-0.4, -0.2) is 48.3 Å². The zero-order valence-corrected chi connectivity index (χ0v) is 13.4. The van der Waals surface area contributed by atoms with Crippen LogP contribution < -0.4 is 16.0 Å². The number of urea groups is 1. The van der Waals surface area contributed by atoms with E-state index in [9.17, 15) is 4.79 Å². The van der Waals surface area contributed by atoms with E-state index in [2.05, 4.69) is 31.0 Å². The average Bonchev–Trinajstić information content (AvgIpc) is 2.54. The van der Waals surface area contributed by atoms with Gasteiger partial charge in [0.1, 0.15) is 5.82 Å². The second kappa shape index (κ2) is 8.70. The van der Waals surface area contributed by atoms with Crippen molar-refractivity contribution < 1.29 is 4.79 Å². The molecule has 0 aliphatic heterocycles. The van der Waals surface area contributed by atoms with Crippen LogP contribution in [0.1, 0.15) is 6.42 Å². The molecule has 0 bridgehead atoms. The molecule has 0 spiro atoms. The van der Waals surface area contributed by atoms with E-state index >= 15 is 0 Å². The fraction of sp³-hybridized carbons (Fsp3) is 0.312. The summed E-state index contributed by atoms with van der Waals surface area (Å²) < 4.78 is 0. The minimum absolute atomic E-state index is 0.350. The van der Waals surface area contributed by atoms with Crippen molar-refractivity contribution in [3.05, 3.63) is 42.5 Å². The van der Waals surface area contributed by atoms with Crippen molar-refractivity contribution in [2.24, 2.45) is 0 Å². The van der Waals surface area contributed by atoms with Crippen LogP contribution in [-0.2, 0) is 0 Å². The van der Waals surface area contributed by atoms with Crippen LogP contribution in [0.15, 0.2) is 42.5 Å². The predicted molar refractivity (Wildman–Crippen MR) is 92.8 cm³/mol. The van der Waals surface area contributed by atoms with Gasteiger partial charge in [-0.25, -0.2) is 4.79 Å². The maximum absolute atomic E-state index is 11.8. The molecule has 3 N–H and O–H groups in total. The molecule has 1 heterocycles. The highest BCUT2D eigenvalue weighted by atomic mass is 16.2. The molecule has 0 radical (unpaired) electrons. The topological polar surface area (TPSA) is 82.2 Å². The summed E-state index contributed by atoms with van der Waals surface area (Å²) in [5.41, 5.74) is 0.720. The highest BCUT2D eigenvalue weighted by Gasteiger charge is 2.04. The third kappa shape index (κ3) is 6.31. The molecular weight excluding hydrogens is 292 g/mol. The largest absolute Gasteiger partial charge is 0.369 e. The molecule has 7 nitrogen and oxygen atoms in total. The molecule has 1 aromatic carbocycles. The Bertz CT molecular complexity index is 600. The van der Waals surface area contributed by atoms with Gasteiger partial charge in [0.05, 0.1) is 0 Å². The summed E-state index contributed by atoms with van der Waals surface area (Å²) in [7, 11) is 4.08. The third-order valence-electron chi connectivity index (χ3n) is 3.03. The second-order valence-electron chi connectivity index (χ2n) is 5.33. The number of anilines is 3. The number of carbonyl (C=O) groups excluding carboxylic acids is 1. The molecule has 0 atom stereocenters. The third-order valence-corrected chi connectivity index (χ3v) is 3.03. The van der Waals surface area contributed by atoms with Gasteiger partial charge >= 0.3 is 6.03 Å². The Hall–Kier alpha value is -2.67. The van der Waals surface area contributed by atoms with Gasteiger partial charge in [-0.15, -0.1) is 10.2 Å². The number of nitrogens with zero attached hydrogens (tertiary/aromatic N) is 3. The van der Waals surface area contributed by atoms with Gasteiger partial charge in [-0.1, -0.05) is 18.2 Å². The summed E-state index contributed by atoms with van der Waals surface area (Å²) >= 11 is 0. The zero-order chi connectivity index (χ0) is 16.5. The van der Waals surface area contributed by atoms with Crippen molar-refractivity contribution >= 4 is 23.4 Å². The monoisotopic (exact) mass is 314 g/mol. The molecule has 1 aromatic heterocycles. The molecular formula is C16H22N6O. The molecule has 0 aliphatic rings. The summed E-state index contributed by atoms with van der Waals surface area (Å²) in [6, 6.07) is 12.4. The summed E-state index contributed by atoms with van der Waals surface area (Å²) in [5, 5.41) is 16.6. The van der Waals surface area contributed by atoms with Gasteiger partial charge in [-0.05, 0) is 51.3 Å². The lowest BCUT2D eigenvalue weighted by Crippen LogP contribution is -2.20. The fourth-order valence-electron chi connectivity index (χ4n) is 1.91. The Balaban J connectivity index is 1.77. The quantitative estimate of drug-likeness (QED) is 0.684. The van der Waals surface area contributed by atoms with Crippen LogP contribution in [0.25, 0.3) is 0 Å². The van der Waals surface area contributed by atoms with E-state index in [0.29, 0.717) is 11.6 Å². The minimum Gasteiger partial charge on any atom is -0.369 e. The lowest BCUT2D eigenvalue weighted by Gasteiger charge is -2.10. The number of hydrogen-bond donors (Lipinski definition) is 3. The first kappa shape index (κ1) is 16.7. The summed E-state index contributed by atoms with van der Waals surface area (Å²) in [6.07, 6.45) is 1.02. The lowest BCUT2D eigenvalue weighted by atomic mass is 10.3. The van der Waals surface area contributed by atoms with Crippen molar-refractivity contribution in [3.63, 3.8) is 0 Å². The molecule has 0 saturated carbocycles. The van der Waals surface area contributed by atoms with Crippen LogP contribution in [0.3, 0.4) is 0 Å². The predicted octanol–water partition coefficient (Wildman–Crippen LogP) is 2.48. The first-order valence-corrected chi connectivity index (χ1v) is 7.49. The Morgan fingerprint density at radius 3 is 2.35 bits per heavy atom. The van der Waals surface area contributed by atoms with Crippen LogP contribution in [0.4, 0.5) is 22.1 Å². The van der Waals surface area contributed by atoms with E-state index in [1.54, 1.807) is 12.1 Å². The standard InChI is InChI=1S/C16H22N6O/c1-22(2)12-6-11-17-14-9-10-15(21-20-14)19-16(23)18-13-7-4-3-5-8-13/h3-5,7-10H,6,11-12H2,1-2H3,(H,17,20)(H2,18,19,21,23). The molecule has 0 fully saturated rings. The zero-order valence-electron chi connectivity index (χ0n) is 13.4. The molecule has 2 aromatic rings. The molecule has 0 aliphatic carbocycles. The maximum atomic E-state index is 11.8. The number of rotatable bonds is 7. The second-order valence-corrected chi connectivity index (χ2v) is 5.33. The Morgan fingerprint density at radius 2 is 1.70 bits per heavy atom. The molecule has 2 amide bonds. The molecule has 122 valence electrons. The molecule has 2 rings (SSSR count). The van der Waals surface area contributed by atoms with Crippen molar-refractivity contribution in [1.29, 1.82) is 0 Å².